The highest BCUT2D eigenvalue weighted by atomic mass is 16.6. The molecule has 0 bridgehead atoms. The Morgan fingerprint density at radius 3 is 1.97 bits per heavy atom. The normalized spacial score (nSPS) is 11.5. The van der Waals surface area contributed by atoms with Crippen LogP contribution in [-0.4, -0.2) is 50.8 Å². The Kier molecular flexibility index (Phi) is 8.79. The second-order valence-corrected chi connectivity index (χ2v) is 9.87. The monoisotopic (exact) mass is 504 g/mol. The molecular weight excluding hydrogens is 472 g/mol. The molecule has 12 heteroatoms. The molecule has 12 nitrogen and oxygen atoms in total. The predicted molar refractivity (Wildman–Crippen MR) is 131 cm³/mol. The molecule has 0 saturated heterocycles. The van der Waals surface area contributed by atoms with Gasteiger partial charge in [0.1, 0.15) is 11.2 Å². The van der Waals surface area contributed by atoms with E-state index in [1.807, 2.05) is 6.92 Å². The van der Waals surface area contributed by atoms with Gasteiger partial charge in [0, 0.05) is 23.8 Å². The van der Waals surface area contributed by atoms with E-state index in [2.05, 4.69) is 5.10 Å². The molecule has 0 atom stereocenters. The minimum atomic E-state index is -1.06. The number of benzene rings is 1. The lowest BCUT2D eigenvalue weighted by atomic mass is 10.1. The molecule has 0 saturated carbocycles. The molecule has 0 unspecified atom stereocenters. The number of nitro groups is 1. The zero-order chi connectivity index (χ0) is 27.3. The van der Waals surface area contributed by atoms with Crippen molar-refractivity contribution < 1.29 is 33.5 Å². The summed E-state index contributed by atoms with van der Waals surface area (Å²) in [6.07, 6.45) is -1.56. The number of anilines is 1. The second-order valence-electron chi connectivity index (χ2n) is 9.87. The van der Waals surface area contributed by atoms with Gasteiger partial charge < -0.3 is 14.2 Å². The number of ether oxygens (including phenoxy) is 3. The summed E-state index contributed by atoms with van der Waals surface area (Å²) in [6, 6.07) is 6.65. The van der Waals surface area contributed by atoms with Crippen molar-refractivity contribution in [3.63, 3.8) is 0 Å². The molecule has 2 aromatic rings. The Balaban J connectivity index is 2.62. The van der Waals surface area contributed by atoms with Gasteiger partial charge in [-0.15, -0.1) is 5.10 Å². The number of nitro benzene ring substituents is 1. The third-order valence-corrected chi connectivity index (χ3v) is 4.35. The van der Waals surface area contributed by atoms with Crippen molar-refractivity contribution in [1.29, 1.82) is 0 Å². The quantitative estimate of drug-likeness (QED) is 0.203. The van der Waals surface area contributed by atoms with Crippen LogP contribution >= 0.6 is 0 Å². The van der Waals surface area contributed by atoms with Crippen LogP contribution < -0.4 is 4.90 Å². The maximum atomic E-state index is 13.0. The first-order chi connectivity index (χ1) is 16.6. The van der Waals surface area contributed by atoms with Crippen molar-refractivity contribution in [1.82, 2.24) is 9.78 Å². The van der Waals surface area contributed by atoms with Crippen LogP contribution in [0.1, 0.15) is 61.3 Å². The molecule has 1 heterocycles. The van der Waals surface area contributed by atoms with Crippen LogP contribution in [-0.2, 0) is 14.2 Å². The number of amides is 2. The molecule has 1 aromatic carbocycles. The van der Waals surface area contributed by atoms with Crippen molar-refractivity contribution in [2.75, 3.05) is 11.5 Å². The topological polar surface area (TPSA) is 143 Å². The third-order valence-electron chi connectivity index (χ3n) is 4.35. The summed E-state index contributed by atoms with van der Waals surface area (Å²) in [6.45, 7) is 11.8. The first-order valence-electron chi connectivity index (χ1n) is 11.4. The first kappa shape index (κ1) is 28.3. The van der Waals surface area contributed by atoms with Crippen LogP contribution in [0.25, 0.3) is 11.3 Å². The number of unbranched alkanes of at least 4 members (excludes halogenated alkanes) is 1. The lowest BCUT2D eigenvalue weighted by Crippen LogP contribution is -2.44. The summed E-state index contributed by atoms with van der Waals surface area (Å²) in [7, 11) is 0. The van der Waals surface area contributed by atoms with E-state index in [9.17, 15) is 24.5 Å². The van der Waals surface area contributed by atoms with E-state index in [1.54, 1.807) is 41.5 Å². The number of carbonyl (C=O) groups excluding carboxylic acids is 3. The Bertz CT molecular complexity index is 1080. The molecule has 0 radical (unpaired) electrons. The van der Waals surface area contributed by atoms with Gasteiger partial charge in [0.15, 0.2) is 5.82 Å². The highest BCUT2D eigenvalue weighted by Crippen LogP contribution is 2.29. The lowest BCUT2D eigenvalue weighted by Gasteiger charge is -2.27. The Morgan fingerprint density at radius 1 is 1.00 bits per heavy atom. The molecule has 0 aliphatic rings. The standard InChI is InChI=1S/C24H32N4O8/c1-8-9-14-34-22(31)27-18(16-10-12-17(13-11-16)28(32)33)15-19(25-27)26(20(29)35-23(2,3)4)21(30)36-24(5,6)7/h10-13,15H,8-9,14H2,1-7H3. The number of aromatic nitrogens is 2. The molecule has 36 heavy (non-hydrogen) atoms. The Labute approximate surface area is 209 Å². The van der Waals surface area contributed by atoms with Gasteiger partial charge in [-0.3, -0.25) is 10.1 Å². The number of imide groups is 1. The highest BCUT2D eigenvalue weighted by molar-refractivity contribution is 6.09. The van der Waals surface area contributed by atoms with E-state index in [0.29, 0.717) is 16.9 Å². The summed E-state index contributed by atoms with van der Waals surface area (Å²) in [5.41, 5.74) is -1.54. The molecule has 0 fully saturated rings. The van der Waals surface area contributed by atoms with Gasteiger partial charge in [-0.25, -0.2) is 14.4 Å². The largest absolute Gasteiger partial charge is 0.448 e. The number of carbonyl (C=O) groups is 3. The van der Waals surface area contributed by atoms with E-state index in [1.165, 1.54) is 30.3 Å². The van der Waals surface area contributed by atoms with Gasteiger partial charge >= 0.3 is 18.3 Å². The van der Waals surface area contributed by atoms with Crippen molar-refractivity contribution >= 4 is 29.8 Å². The minimum absolute atomic E-state index is 0.131. The van der Waals surface area contributed by atoms with Crippen LogP contribution in [0.3, 0.4) is 0 Å². The lowest BCUT2D eigenvalue weighted by molar-refractivity contribution is -0.384. The molecule has 0 aliphatic carbocycles. The van der Waals surface area contributed by atoms with E-state index >= 15 is 0 Å². The minimum Gasteiger partial charge on any atom is -0.448 e. The number of non-ortho nitro benzene ring substituents is 1. The second kappa shape index (κ2) is 11.2. The summed E-state index contributed by atoms with van der Waals surface area (Å²) in [4.78, 5) is 49.9. The molecule has 0 spiro atoms. The number of hydrogen-bond acceptors (Lipinski definition) is 9. The van der Waals surface area contributed by atoms with Gasteiger partial charge in [0.25, 0.3) is 5.69 Å². The number of hydrogen-bond donors (Lipinski definition) is 0. The maximum Gasteiger partial charge on any atom is 0.435 e. The van der Waals surface area contributed by atoms with Crippen LogP contribution in [0.5, 0.6) is 0 Å². The van der Waals surface area contributed by atoms with E-state index < -0.39 is 34.4 Å². The van der Waals surface area contributed by atoms with E-state index in [-0.39, 0.29) is 23.8 Å². The average Bonchev–Trinajstić information content (AvgIpc) is 3.16. The fourth-order valence-electron chi connectivity index (χ4n) is 2.82. The Morgan fingerprint density at radius 2 is 1.53 bits per heavy atom. The molecule has 1 aromatic heterocycles. The smallest absolute Gasteiger partial charge is 0.435 e. The molecular formula is C24H32N4O8. The van der Waals surface area contributed by atoms with Crippen LogP contribution in [0, 0.1) is 10.1 Å². The number of nitrogens with zero attached hydrogens (tertiary/aromatic N) is 4. The number of rotatable bonds is 6. The fraction of sp³-hybridized carbons (Fsp3) is 0.500. The molecule has 2 amide bonds. The first-order valence-corrected chi connectivity index (χ1v) is 11.4. The SMILES string of the molecule is CCCCOC(=O)n1nc(N(C(=O)OC(C)(C)C)C(=O)OC(C)(C)C)cc1-c1ccc([N+](=O)[O-])cc1. The summed E-state index contributed by atoms with van der Waals surface area (Å²) >= 11 is 0. The van der Waals surface area contributed by atoms with Crippen molar-refractivity contribution in [2.24, 2.45) is 0 Å². The highest BCUT2D eigenvalue weighted by Gasteiger charge is 2.35. The van der Waals surface area contributed by atoms with Crippen LogP contribution in [0.15, 0.2) is 30.3 Å². The van der Waals surface area contributed by atoms with Crippen molar-refractivity contribution in [3.8, 4) is 11.3 Å². The van der Waals surface area contributed by atoms with Gasteiger partial charge in [-0.1, -0.05) is 13.3 Å². The zero-order valence-corrected chi connectivity index (χ0v) is 21.6. The predicted octanol–water partition coefficient (Wildman–Crippen LogP) is 5.92. The summed E-state index contributed by atoms with van der Waals surface area (Å²) in [5.74, 6) is -0.251. The maximum absolute atomic E-state index is 13.0. The van der Waals surface area contributed by atoms with Crippen molar-refractivity contribution in [2.45, 2.75) is 72.5 Å². The van der Waals surface area contributed by atoms with Crippen LogP contribution in [0.4, 0.5) is 25.9 Å². The van der Waals surface area contributed by atoms with E-state index in [0.717, 1.165) is 11.1 Å². The third kappa shape index (κ3) is 7.79. The molecule has 196 valence electrons. The summed E-state index contributed by atoms with van der Waals surface area (Å²) in [5, 5.41) is 15.2. The Hall–Kier alpha value is -3.96. The van der Waals surface area contributed by atoms with Gasteiger partial charge in [-0.2, -0.15) is 9.58 Å². The van der Waals surface area contributed by atoms with Crippen LogP contribution in [0.2, 0.25) is 0 Å². The zero-order valence-electron chi connectivity index (χ0n) is 21.6. The molecule has 2 rings (SSSR count). The van der Waals surface area contributed by atoms with Gasteiger partial charge in [0.2, 0.25) is 0 Å². The van der Waals surface area contributed by atoms with Gasteiger partial charge in [0.05, 0.1) is 17.2 Å². The average molecular weight is 505 g/mol. The molecule has 0 N–H and O–H groups in total. The fourth-order valence-corrected chi connectivity index (χ4v) is 2.82. The van der Waals surface area contributed by atoms with Gasteiger partial charge in [-0.05, 0) is 60.1 Å². The van der Waals surface area contributed by atoms with E-state index in [4.69, 9.17) is 14.2 Å². The van der Waals surface area contributed by atoms with Crippen molar-refractivity contribution in [3.05, 3.63) is 40.4 Å². The molecule has 0 aliphatic heterocycles. The summed E-state index contributed by atoms with van der Waals surface area (Å²) < 4.78 is 16.9.